The molecule has 0 unspecified atom stereocenters. The van der Waals surface area contributed by atoms with Crippen molar-refractivity contribution in [2.45, 2.75) is 6.92 Å². The summed E-state index contributed by atoms with van der Waals surface area (Å²) in [6.45, 7) is 1.22. The molecule has 0 N–H and O–H groups in total. The topological polar surface area (TPSA) is 17.1 Å². The molecule has 0 amide bonds. The van der Waals surface area contributed by atoms with Crippen LogP contribution < -0.4 is 0 Å². The number of carbonyl (C=O) groups excluding carboxylic acids is 1. The average Bonchev–Trinajstić information content (AvgIpc) is 2.23. The molecule has 0 heterocycles. The molecule has 0 aliphatic carbocycles. The minimum Gasteiger partial charge on any atom is -0.293 e. The van der Waals surface area contributed by atoms with Crippen molar-refractivity contribution in [3.63, 3.8) is 0 Å². The lowest BCUT2D eigenvalue weighted by Gasteiger charge is -2.03. The van der Waals surface area contributed by atoms with Crippen LogP contribution in [0.5, 0.6) is 0 Å². The molecule has 1 nitrogen and oxygen atoms in total. The molecular weight excluding hydrogens is 360 g/mol. The molecule has 16 heavy (non-hydrogen) atoms. The standard InChI is InChI=1S/C8H3Cl7O/c1-2(16)3(9)4(10)5(11)6(12)7(13)8(14)15/h1H3. The van der Waals surface area contributed by atoms with Gasteiger partial charge in [0.05, 0.1) is 20.1 Å². The van der Waals surface area contributed by atoms with E-state index >= 15 is 0 Å². The second-order valence-electron chi connectivity index (χ2n) is 2.39. The Morgan fingerprint density at radius 2 is 0.938 bits per heavy atom. The lowest BCUT2D eigenvalue weighted by Crippen LogP contribution is -1.93. The van der Waals surface area contributed by atoms with Crippen LogP contribution >= 0.6 is 81.2 Å². The molecule has 90 valence electrons. The first-order chi connectivity index (χ1) is 7.20. The molecule has 0 spiro atoms. The smallest absolute Gasteiger partial charge is 0.172 e. The molecule has 0 saturated heterocycles. The van der Waals surface area contributed by atoms with E-state index in [1.54, 1.807) is 0 Å². The van der Waals surface area contributed by atoms with Crippen molar-refractivity contribution in [2.75, 3.05) is 0 Å². The van der Waals surface area contributed by atoms with Crippen molar-refractivity contribution in [1.82, 2.24) is 0 Å². The van der Waals surface area contributed by atoms with Crippen molar-refractivity contribution in [3.05, 3.63) is 29.7 Å². The van der Waals surface area contributed by atoms with E-state index in [0.29, 0.717) is 0 Å². The molecule has 0 fully saturated rings. The highest BCUT2D eigenvalue weighted by molar-refractivity contribution is 6.62. The normalized spacial score (nSPS) is 14.0. The summed E-state index contributed by atoms with van der Waals surface area (Å²) < 4.78 is -0.284. The Morgan fingerprint density at radius 3 is 1.25 bits per heavy atom. The summed E-state index contributed by atoms with van der Waals surface area (Å²) in [5.41, 5.74) is 0. The van der Waals surface area contributed by atoms with Crippen molar-refractivity contribution in [1.29, 1.82) is 0 Å². The van der Waals surface area contributed by atoms with E-state index in [1.165, 1.54) is 6.92 Å². The minimum atomic E-state index is -0.466. The average molecular weight is 363 g/mol. The molecule has 0 aliphatic heterocycles. The molecule has 0 rings (SSSR count). The van der Waals surface area contributed by atoms with Gasteiger partial charge in [-0.2, -0.15) is 0 Å². The summed E-state index contributed by atoms with van der Waals surface area (Å²) in [4.78, 5) is 10.9. The molecule has 0 bridgehead atoms. The van der Waals surface area contributed by atoms with Crippen LogP contribution in [0.1, 0.15) is 6.92 Å². The van der Waals surface area contributed by atoms with Gasteiger partial charge in [0, 0.05) is 6.92 Å². The van der Waals surface area contributed by atoms with Crippen molar-refractivity contribution in [2.24, 2.45) is 0 Å². The van der Waals surface area contributed by atoms with Crippen molar-refractivity contribution in [3.8, 4) is 0 Å². The first kappa shape index (κ1) is 16.9. The number of halogens is 7. The number of allylic oxidation sites excluding steroid dienone is 5. The summed E-state index contributed by atoms with van der Waals surface area (Å²) >= 11 is 39.2. The Labute approximate surface area is 128 Å². The van der Waals surface area contributed by atoms with Gasteiger partial charge in [0.15, 0.2) is 5.78 Å². The van der Waals surface area contributed by atoms with E-state index < -0.39 is 5.78 Å². The van der Waals surface area contributed by atoms with Crippen LogP contribution in [0.3, 0.4) is 0 Å². The number of rotatable bonds is 3. The summed E-state index contributed by atoms with van der Waals surface area (Å²) in [7, 11) is 0. The molecule has 0 aromatic carbocycles. The molecule has 8 heteroatoms. The number of carbonyl (C=O) groups is 1. The minimum absolute atomic E-state index is 0.193. The van der Waals surface area contributed by atoms with Gasteiger partial charge in [-0.1, -0.05) is 81.2 Å². The third-order valence-electron chi connectivity index (χ3n) is 1.25. The molecule has 0 aromatic rings. The molecule has 0 radical (unpaired) electrons. The molecule has 0 aliphatic rings. The van der Waals surface area contributed by atoms with Crippen molar-refractivity contribution >= 4 is 87.0 Å². The van der Waals surface area contributed by atoms with Crippen LogP contribution in [0.4, 0.5) is 0 Å². The van der Waals surface area contributed by atoms with Crippen LogP contribution in [-0.4, -0.2) is 5.78 Å². The predicted octanol–water partition coefficient (Wildman–Crippen LogP) is 5.84. The summed E-state index contributed by atoms with van der Waals surface area (Å²) in [6.07, 6.45) is 0. The Kier molecular flexibility index (Phi) is 7.80. The largest absolute Gasteiger partial charge is 0.293 e. The highest BCUT2D eigenvalue weighted by atomic mass is 35.5. The van der Waals surface area contributed by atoms with Gasteiger partial charge in [-0.25, -0.2) is 0 Å². The number of ketones is 1. The number of hydrogen-bond donors (Lipinski definition) is 0. The van der Waals surface area contributed by atoms with Crippen LogP contribution in [0.25, 0.3) is 0 Å². The van der Waals surface area contributed by atoms with Crippen LogP contribution in [0.2, 0.25) is 0 Å². The van der Waals surface area contributed by atoms with E-state index in [-0.39, 0.29) is 29.7 Å². The zero-order valence-corrected chi connectivity index (χ0v) is 12.8. The van der Waals surface area contributed by atoms with Gasteiger partial charge in [-0.05, 0) is 0 Å². The van der Waals surface area contributed by atoms with Gasteiger partial charge < -0.3 is 0 Å². The second-order valence-corrected chi connectivity index (χ2v) is 5.23. The highest BCUT2D eigenvalue weighted by Gasteiger charge is 2.16. The van der Waals surface area contributed by atoms with Gasteiger partial charge in [0.25, 0.3) is 0 Å². The SMILES string of the molecule is CC(=O)C(Cl)=C(Cl)C(Cl)=C(Cl)C(Cl)=C(Cl)Cl. The quantitative estimate of drug-likeness (QED) is 0.455. The first-order valence-corrected chi connectivity index (χ1v) is 6.17. The highest BCUT2D eigenvalue weighted by Crippen LogP contribution is 2.36. The lowest BCUT2D eigenvalue weighted by atomic mass is 10.3. The van der Waals surface area contributed by atoms with Gasteiger partial charge in [0.1, 0.15) is 9.52 Å². The summed E-state index contributed by atoms with van der Waals surface area (Å²) in [5, 5.41) is -1.10. The Bertz CT molecular complexity index is 401. The summed E-state index contributed by atoms with van der Waals surface area (Å²) in [5.74, 6) is -0.466. The molecule has 0 saturated carbocycles. The number of hydrogen-bond acceptors (Lipinski definition) is 1. The monoisotopic (exact) mass is 360 g/mol. The fourth-order valence-electron chi connectivity index (χ4n) is 0.527. The third-order valence-corrected chi connectivity index (χ3v) is 4.17. The Balaban J connectivity index is 5.61. The van der Waals surface area contributed by atoms with Crippen LogP contribution in [0.15, 0.2) is 29.7 Å². The molecular formula is C8H3Cl7O. The van der Waals surface area contributed by atoms with Crippen LogP contribution in [-0.2, 0) is 4.79 Å². The molecule has 0 aromatic heterocycles. The van der Waals surface area contributed by atoms with Gasteiger partial charge in [-0.3, -0.25) is 4.79 Å². The maximum atomic E-state index is 10.9. The van der Waals surface area contributed by atoms with E-state index in [0.717, 1.165) is 0 Å². The fourth-order valence-corrected chi connectivity index (χ4v) is 1.75. The maximum Gasteiger partial charge on any atom is 0.172 e. The predicted molar refractivity (Wildman–Crippen MR) is 72.7 cm³/mol. The van der Waals surface area contributed by atoms with Gasteiger partial charge in [-0.15, -0.1) is 0 Å². The zero-order chi connectivity index (χ0) is 13.0. The zero-order valence-electron chi connectivity index (χ0n) is 7.55. The van der Waals surface area contributed by atoms with E-state index in [1.807, 2.05) is 0 Å². The van der Waals surface area contributed by atoms with E-state index in [9.17, 15) is 4.79 Å². The Morgan fingerprint density at radius 1 is 0.625 bits per heavy atom. The van der Waals surface area contributed by atoms with Crippen molar-refractivity contribution < 1.29 is 4.79 Å². The second kappa shape index (κ2) is 7.38. The lowest BCUT2D eigenvalue weighted by molar-refractivity contribution is -0.113. The van der Waals surface area contributed by atoms with Gasteiger partial charge in [0.2, 0.25) is 0 Å². The fraction of sp³-hybridized carbons (Fsp3) is 0.125. The van der Waals surface area contributed by atoms with Gasteiger partial charge >= 0.3 is 0 Å². The summed E-state index contributed by atoms with van der Waals surface area (Å²) in [6, 6.07) is 0. The Hall–Kier alpha value is 0.920. The van der Waals surface area contributed by atoms with Crippen LogP contribution in [0, 0.1) is 0 Å². The van der Waals surface area contributed by atoms with E-state index in [4.69, 9.17) is 81.2 Å². The number of Topliss-reactive ketones (excluding diaryl/α,β-unsaturated/α-hetero) is 1. The molecule has 0 atom stereocenters. The third kappa shape index (κ3) is 4.66. The first-order valence-electron chi connectivity index (χ1n) is 3.53. The maximum absolute atomic E-state index is 10.9. The van der Waals surface area contributed by atoms with E-state index in [2.05, 4.69) is 0 Å².